The summed E-state index contributed by atoms with van der Waals surface area (Å²) in [6.45, 7) is 4.45. The first-order chi connectivity index (χ1) is 9.16. The van der Waals surface area contributed by atoms with Crippen LogP contribution >= 0.6 is 0 Å². The van der Waals surface area contributed by atoms with Gasteiger partial charge in [-0.05, 0) is 65.7 Å². The summed E-state index contributed by atoms with van der Waals surface area (Å²) in [6.07, 6.45) is 7.80. The predicted octanol–water partition coefficient (Wildman–Crippen LogP) is 1.30. The van der Waals surface area contributed by atoms with Crippen molar-refractivity contribution >= 4 is 0 Å². The highest BCUT2D eigenvalue weighted by molar-refractivity contribution is 4.85. The SMILES string of the molecule is CN1CCCN(C)C(C(N)CCCC2CCCO2)C1. The monoisotopic (exact) mass is 269 g/mol. The summed E-state index contributed by atoms with van der Waals surface area (Å²) in [7, 11) is 4.44. The molecular weight excluding hydrogens is 238 g/mol. The van der Waals surface area contributed by atoms with Crippen LogP contribution in [0.5, 0.6) is 0 Å². The van der Waals surface area contributed by atoms with Gasteiger partial charge in [-0.2, -0.15) is 0 Å². The molecule has 2 aliphatic heterocycles. The Balaban J connectivity index is 1.72. The van der Waals surface area contributed by atoms with E-state index >= 15 is 0 Å². The second kappa shape index (κ2) is 7.58. The van der Waals surface area contributed by atoms with Gasteiger partial charge < -0.3 is 20.3 Å². The van der Waals surface area contributed by atoms with E-state index in [9.17, 15) is 0 Å². The highest BCUT2D eigenvalue weighted by Gasteiger charge is 2.26. The van der Waals surface area contributed by atoms with Gasteiger partial charge in [0.05, 0.1) is 6.10 Å². The van der Waals surface area contributed by atoms with Crippen molar-refractivity contribution in [2.45, 2.75) is 56.7 Å². The third-order valence-corrected chi connectivity index (χ3v) is 4.70. The molecule has 112 valence electrons. The fourth-order valence-corrected chi connectivity index (χ4v) is 3.41. The quantitative estimate of drug-likeness (QED) is 0.817. The molecule has 3 unspecified atom stereocenters. The van der Waals surface area contributed by atoms with Crippen LogP contribution in [0, 0.1) is 0 Å². The van der Waals surface area contributed by atoms with E-state index in [1.54, 1.807) is 0 Å². The molecule has 0 bridgehead atoms. The summed E-state index contributed by atoms with van der Waals surface area (Å²) in [4.78, 5) is 4.88. The second-order valence-electron chi connectivity index (χ2n) is 6.39. The van der Waals surface area contributed by atoms with Crippen LogP contribution in [0.15, 0.2) is 0 Å². The van der Waals surface area contributed by atoms with Gasteiger partial charge in [-0.3, -0.25) is 0 Å². The van der Waals surface area contributed by atoms with Crippen LogP contribution in [0.25, 0.3) is 0 Å². The zero-order valence-electron chi connectivity index (χ0n) is 12.7. The molecular formula is C15H31N3O. The molecule has 19 heavy (non-hydrogen) atoms. The normalized spacial score (nSPS) is 32.4. The van der Waals surface area contributed by atoms with Crippen LogP contribution < -0.4 is 5.73 Å². The lowest BCUT2D eigenvalue weighted by Crippen LogP contribution is -2.50. The van der Waals surface area contributed by atoms with Gasteiger partial charge in [-0.15, -0.1) is 0 Å². The molecule has 3 atom stereocenters. The summed E-state index contributed by atoms with van der Waals surface area (Å²) < 4.78 is 5.68. The Bertz CT molecular complexity index is 256. The number of likely N-dealkylation sites (N-methyl/N-ethyl adjacent to an activating group) is 2. The molecule has 0 amide bonds. The van der Waals surface area contributed by atoms with Gasteiger partial charge in [-0.1, -0.05) is 0 Å². The number of hydrogen-bond donors (Lipinski definition) is 1. The van der Waals surface area contributed by atoms with Crippen LogP contribution in [0.3, 0.4) is 0 Å². The lowest BCUT2D eigenvalue weighted by molar-refractivity contribution is 0.0997. The van der Waals surface area contributed by atoms with Gasteiger partial charge in [0.15, 0.2) is 0 Å². The maximum absolute atomic E-state index is 6.45. The number of nitrogens with zero attached hydrogens (tertiary/aromatic N) is 2. The summed E-state index contributed by atoms with van der Waals surface area (Å²) >= 11 is 0. The number of rotatable bonds is 5. The molecule has 0 spiro atoms. The van der Waals surface area contributed by atoms with Crippen molar-refractivity contribution < 1.29 is 4.74 Å². The van der Waals surface area contributed by atoms with Gasteiger partial charge >= 0.3 is 0 Å². The molecule has 2 fully saturated rings. The minimum absolute atomic E-state index is 0.298. The Morgan fingerprint density at radius 3 is 2.84 bits per heavy atom. The molecule has 2 N–H and O–H groups in total. The summed E-state index contributed by atoms with van der Waals surface area (Å²) in [5, 5.41) is 0. The molecule has 2 rings (SSSR count). The predicted molar refractivity (Wildman–Crippen MR) is 79.3 cm³/mol. The van der Waals surface area contributed by atoms with Crippen molar-refractivity contribution in [2.75, 3.05) is 40.3 Å². The largest absolute Gasteiger partial charge is 0.378 e. The van der Waals surface area contributed by atoms with Gasteiger partial charge in [0.25, 0.3) is 0 Å². The molecule has 2 heterocycles. The number of nitrogens with two attached hydrogens (primary N) is 1. The van der Waals surface area contributed by atoms with Crippen LogP contribution in [-0.4, -0.2) is 68.3 Å². The zero-order chi connectivity index (χ0) is 13.7. The zero-order valence-corrected chi connectivity index (χ0v) is 12.7. The Hall–Kier alpha value is -0.160. The van der Waals surface area contributed by atoms with Crippen LogP contribution in [-0.2, 0) is 4.74 Å². The maximum atomic E-state index is 6.45. The van der Waals surface area contributed by atoms with E-state index in [1.807, 2.05) is 0 Å². The summed E-state index contributed by atoms with van der Waals surface area (Å²) in [5.74, 6) is 0. The minimum Gasteiger partial charge on any atom is -0.378 e. The van der Waals surface area contributed by atoms with E-state index < -0.39 is 0 Å². The summed E-state index contributed by atoms with van der Waals surface area (Å²) in [6, 6.07) is 0.809. The van der Waals surface area contributed by atoms with E-state index in [0.29, 0.717) is 18.2 Å². The lowest BCUT2D eigenvalue weighted by atomic mass is 9.99. The first kappa shape index (κ1) is 15.2. The van der Waals surface area contributed by atoms with Gasteiger partial charge in [0.2, 0.25) is 0 Å². The van der Waals surface area contributed by atoms with E-state index in [0.717, 1.165) is 19.6 Å². The van der Waals surface area contributed by atoms with Crippen molar-refractivity contribution in [3.63, 3.8) is 0 Å². The second-order valence-corrected chi connectivity index (χ2v) is 6.39. The molecule has 0 aromatic carbocycles. The van der Waals surface area contributed by atoms with Crippen molar-refractivity contribution in [3.05, 3.63) is 0 Å². The average Bonchev–Trinajstić information content (AvgIpc) is 2.82. The number of hydrogen-bond acceptors (Lipinski definition) is 4. The Morgan fingerprint density at radius 2 is 2.11 bits per heavy atom. The molecule has 2 saturated heterocycles. The smallest absolute Gasteiger partial charge is 0.0576 e. The molecule has 0 aliphatic carbocycles. The van der Waals surface area contributed by atoms with E-state index in [4.69, 9.17) is 10.5 Å². The van der Waals surface area contributed by atoms with Crippen molar-refractivity contribution in [2.24, 2.45) is 5.73 Å². The van der Waals surface area contributed by atoms with Crippen molar-refractivity contribution in [1.29, 1.82) is 0 Å². The van der Waals surface area contributed by atoms with Gasteiger partial charge in [0, 0.05) is 25.2 Å². The number of ether oxygens (including phenoxy) is 1. The first-order valence-electron chi connectivity index (χ1n) is 7.93. The van der Waals surface area contributed by atoms with Crippen molar-refractivity contribution in [1.82, 2.24) is 9.80 Å². The average molecular weight is 269 g/mol. The summed E-state index contributed by atoms with van der Waals surface area (Å²) in [5.41, 5.74) is 6.45. The van der Waals surface area contributed by atoms with E-state index in [1.165, 1.54) is 45.2 Å². The Labute approximate surface area is 118 Å². The molecule has 0 saturated carbocycles. The van der Waals surface area contributed by atoms with E-state index in [2.05, 4.69) is 23.9 Å². The highest BCUT2D eigenvalue weighted by Crippen LogP contribution is 2.19. The van der Waals surface area contributed by atoms with Crippen LogP contribution in [0.2, 0.25) is 0 Å². The highest BCUT2D eigenvalue weighted by atomic mass is 16.5. The molecule has 0 aromatic heterocycles. The Morgan fingerprint density at radius 1 is 1.26 bits per heavy atom. The third-order valence-electron chi connectivity index (χ3n) is 4.70. The molecule has 0 aromatic rings. The fourth-order valence-electron chi connectivity index (χ4n) is 3.41. The molecule has 2 aliphatic rings. The van der Waals surface area contributed by atoms with Gasteiger partial charge in [0.1, 0.15) is 0 Å². The molecule has 4 heteroatoms. The topological polar surface area (TPSA) is 41.7 Å². The standard InChI is InChI=1S/C15H31N3O/c1-17-9-5-10-18(2)15(12-17)14(16)8-3-6-13-7-4-11-19-13/h13-15H,3-12,16H2,1-2H3. The maximum Gasteiger partial charge on any atom is 0.0576 e. The van der Waals surface area contributed by atoms with Crippen molar-refractivity contribution in [3.8, 4) is 0 Å². The molecule has 0 radical (unpaired) electrons. The first-order valence-corrected chi connectivity index (χ1v) is 7.93. The third kappa shape index (κ3) is 4.71. The minimum atomic E-state index is 0.298. The van der Waals surface area contributed by atoms with E-state index in [-0.39, 0.29) is 0 Å². The van der Waals surface area contributed by atoms with Gasteiger partial charge in [-0.25, -0.2) is 0 Å². The fraction of sp³-hybridized carbons (Fsp3) is 1.00. The Kier molecular flexibility index (Phi) is 6.07. The lowest BCUT2D eigenvalue weighted by Gasteiger charge is -2.32. The molecule has 4 nitrogen and oxygen atoms in total. The van der Waals surface area contributed by atoms with Crippen LogP contribution in [0.4, 0.5) is 0 Å². The van der Waals surface area contributed by atoms with Crippen LogP contribution in [0.1, 0.15) is 38.5 Å².